The SMILES string of the molecule is CCN(CC1CCCN1)C(=O)CCC1CCCCC1. The zero-order chi connectivity index (χ0) is 13.5. The highest BCUT2D eigenvalue weighted by Crippen LogP contribution is 2.27. The fourth-order valence-electron chi connectivity index (χ4n) is 3.55. The zero-order valence-electron chi connectivity index (χ0n) is 12.5. The Kier molecular flexibility index (Phi) is 6.15. The standard InChI is InChI=1S/C16H30N2O/c1-2-18(13-15-9-6-12-17-15)16(19)11-10-14-7-4-3-5-8-14/h14-15,17H,2-13H2,1H3. The van der Waals surface area contributed by atoms with Crippen LogP contribution >= 0.6 is 0 Å². The van der Waals surface area contributed by atoms with Crippen molar-refractivity contribution in [2.45, 2.75) is 70.8 Å². The Balaban J connectivity index is 1.69. The van der Waals surface area contributed by atoms with Crippen LogP contribution in [0, 0.1) is 5.92 Å². The molecular formula is C16H30N2O. The van der Waals surface area contributed by atoms with Gasteiger partial charge in [0.1, 0.15) is 0 Å². The lowest BCUT2D eigenvalue weighted by Gasteiger charge is -2.26. The Morgan fingerprint density at radius 3 is 2.58 bits per heavy atom. The Morgan fingerprint density at radius 2 is 1.95 bits per heavy atom. The van der Waals surface area contributed by atoms with Gasteiger partial charge in [-0.3, -0.25) is 4.79 Å². The lowest BCUT2D eigenvalue weighted by molar-refractivity contribution is -0.131. The van der Waals surface area contributed by atoms with Gasteiger partial charge < -0.3 is 10.2 Å². The second kappa shape index (κ2) is 7.88. The summed E-state index contributed by atoms with van der Waals surface area (Å²) in [5, 5.41) is 3.49. The second-order valence-electron chi connectivity index (χ2n) is 6.27. The summed E-state index contributed by atoms with van der Waals surface area (Å²) in [6, 6.07) is 0.540. The molecule has 0 aromatic rings. The van der Waals surface area contributed by atoms with Crippen LogP contribution in [0.5, 0.6) is 0 Å². The molecule has 1 atom stereocenters. The van der Waals surface area contributed by atoms with Gasteiger partial charge in [0, 0.05) is 25.6 Å². The first-order chi connectivity index (χ1) is 9.29. The molecule has 2 aliphatic rings. The molecule has 1 aliphatic heterocycles. The fourth-order valence-corrected chi connectivity index (χ4v) is 3.55. The smallest absolute Gasteiger partial charge is 0.222 e. The zero-order valence-corrected chi connectivity index (χ0v) is 12.5. The molecule has 1 unspecified atom stereocenters. The third-order valence-corrected chi connectivity index (χ3v) is 4.83. The quantitative estimate of drug-likeness (QED) is 0.801. The summed E-state index contributed by atoms with van der Waals surface area (Å²) in [5.74, 6) is 1.20. The molecule has 0 bridgehead atoms. The van der Waals surface area contributed by atoms with Gasteiger partial charge in [-0.1, -0.05) is 32.1 Å². The molecule has 2 rings (SSSR count). The minimum atomic E-state index is 0.377. The van der Waals surface area contributed by atoms with Crippen molar-refractivity contribution < 1.29 is 4.79 Å². The molecule has 19 heavy (non-hydrogen) atoms. The molecule has 1 saturated heterocycles. The van der Waals surface area contributed by atoms with Gasteiger partial charge in [-0.15, -0.1) is 0 Å². The first kappa shape index (κ1) is 14.8. The number of rotatable bonds is 6. The lowest BCUT2D eigenvalue weighted by atomic mass is 9.86. The third kappa shape index (κ3) is 4.79. The van der Waals surface area contributed by atoms with Crippen LogP contribution in [0.25, 0.3) is 0 Å². The van der Waals surface area contributed by atoms with Gasteiger partial charge in [-0.2, -0.15) is 0 Å². The van der Waals surface area contributed by atoms with E-state index in [4.69, 9.17) is 0 Å². The lowest BCUT2D eigenvalue weighted by Crippen LogP contribution is -2.41. The van der Waals surface area contributed by atoms with Crippen LogP contribution in [0.4, 0.5) is 0 Å². The van der Waals surface area contributed by atoms with Crippen LogP contribution in [-0.4, -0.2) is 36.5 Å². The van der Waals surface area contributed by atoms with Crippen LogP contribution in [0.3, 0.4) is 0 Å². The summed E-state index contributed by atoms with van der Waals surface area (Å²) in [6.07, 6.45) is 11.2. The molecule has 1 heterocycles. The Bertz CT molecular complexity index is 268. The summed E-state index contributed by atoms with van der Waals surface area (Å²) >= 11 is 0. The number of carbonyl (C=O) groups excluding carboxylic acids is 1. The molecule has 3 heteroatoms. The molecule has 0 aromatic carbocycles. The molecule has 0 radical (unpaired) electrons. The van der Waals surface area contributed by atoms with Crippen molar-refractivity contribution in [2.24, 2.45) is 5.92 Å². The highest BCUT2D eigenvalue weighted by Gasteiger charge is 2.21. The molecule has 110 valence electrons. The van der Waals surface area contributed by atoms with E-state index in [0.717, 1.165) is 38.4 Å². The molecule has 1 aliphatic carbocycles. The second-order valence-corrected chi connectivity index (χ2v) is 6.27. The van der Waals surface area contributed by atoms with Crippen molar-refractivity contribution in [3.05, 3.63) is 0 Å². The van der Waals surface area contributed by atoms with Gasteiger partial charge >= 0.3 is 0 Å². The average Bonchev–Trinajstić information content (AvgIpc) is 2.96. The van der Waals surface area contributed by atoms with E-state index < -0.39 is 0 Å². The van der Waals surface area contributed by atoms with Gasteiger partial charge in [-0.05, 0) is 38.6 Å². The highest BCUT2D eigenvalue weighted by atomic mass is 16.2. The predicted molar refractivity (Wildman–Crippen MR) is 79.1 cm³/mol. The van der Waals surface area contributed by atoms with Gasteiger partial charge in [0.2, 0.25) is 5.91 Å². The number of nitrogens with one attached hydrogen (secondary N) is 1. The third-order valence-electron chi connectivity index (χ3n) is 4.83. The summed E-state index contributed by atoms with van der Waals surface area (Å²) in [7, 11) is 0. The molecule has 0 spiro atoms. The molecule has 1 amide bonds. The van der Waals surface area contributed by atoms with Gasteiger partial charge in [0.15, 0.2) is 0 Å². The van der Waals surface area contributed by atoms with Crippen LogP contribution in [0.15, 0.2) is 0 Å². The molecule has 0 aromatic heterocycles. The minimum absolute atomic E-state index is 0.377. The highest BCUT2D eigenvalue weighted by molar-refractivity contribution is 5.76. The van der Waals surface area contributed by atoms with E-state index in [0.29, 0.717) is 11.9 Å². The summed E-state index contributed by atoms with van der Waals surface area (Å²) in [4.78, 5) is 14.4. The predicted octanol–water partition coefficient (Wildman–Crippen LogP) is 2.95. The van der Waals surface area contributed by atoms with Crippen LogP contribution in [-0.2, 0) is 4.79 Å². The normalized spacial score (nSPS) is 24.6. The van der Waals surface area contributed by atoms with E-state index in [9.17, 15) is 4.79 Å². The maximum Gasteiger partial charge on any atom is 0.222 e. The first-order valence-electron chi connectivity index (χ1n) is 8.30. The maximum atomic E-state index is 12.3. The van der Waals surface area contributed by atoms with Crippen molar-refractivity contribution in [1.82, 2.24) is 10.2 Å². The van der Waals surface area contributed by atoms with Gasteiger partial charge in [-0.25, -0.2) is 0 Å². The Labute approximate surface area is 118 Å². The van der Waals surface area contributed by atoms with Crippen molar-refractivity contribution >= 4 is 5.91 Å². The summed E-state index contributed by atoms with van der Waals surface area (Å²) < 4.78 is 0. The fraction of sp³-hybridized carbons (Fsp3) is 0.938. The number of carbonyl (C=O) groups is 1. The minimum Gasteiger partial charge on any atom is -0.341 e. The average molecular weight is 266 g/mol. The molecule has 1 N–H and O–H groups in total. The number of nitrogens with zero attached hydrogens (tertiary/aromatic N) is 1. The van der Waals surface area contributed by atoms with Gasteiger partial charge in [0.05, 0.1) is 0 Å². The van der Waals surface area contributed by atoms with Crippen molar-refractivity contribution in [3.63, 3.8) is 0 Å². The molecular weight excluding hydrogens is 236 g/mol. The summed E-state index contributed by atoms with van der Waals surface area (Å²) in [6.45, 7) is 5.01. The molecule has 3 nitrogen and oxygen atoms in total. The summed E-state index contributed by atoms with van der Waals surface area (Å²) in [5.41, 5.74) is 0. The van der Waals surface area contributed by atoms with E-state index in [1.54, 1.807) is 0 Å². The van der Waals surface area contributed by atoms with Crippen LogP contribution < -0.4 is 5.32 Å². The number of hydrogen-bond donors (Lipinski definition) is 1. The van der Waals surface area contributed by atoms with Gasteiger partial charge in [0.25, 0.3) is 0 Å². The van der Waals surface area contributed by atoms with E-state index in [2.05, 4.69) is 17.1 Å². The number of hydrogen-bond acceptors (Lipinski definition) is 2. The van der Waals surface area contributed by atoms with Crippen LogP contribution in [0.1, 0.15) is 64.7 Å². The number of amides is 1. The molecule has 2 fully saturated rings. The van der Waals surface area contributed by atoms with E-state index in [1.165, 1.54) is 44.9 Å². The van der Waals surface area contributed by atoms with E-state index >= 15 is 0 Å². The van der Waals surface area contributed by atoms with Crippen LogP contribution in [0.2, 0.25) is 0 Å². The topological polar surface area (TPSA) is 32.3 Å². The largest absolute Gasteiger partial charge is 0.341 e. The maximum absolute atomic E-state index is 12.3. The van der Waals surface area contributed by atoms with E-state index in [-0.39, 0.29) is 0 Å². The Morgan fingerprint density at radius 1 is 1.16 bits per heavy atom. The Hall–Kier alpha value is -0.570. The van der Waals surface area contributed by atoms with Crippen molar-refractivity contribution in [3.8, 4) is 0 Å². The molecule has 1 saturated carbocycles. The monoisotopic (exact) mass is 266 g/mol. The van der Waals surface area contributed by atoms with Crippen molar-refractivity contribution in [1.29, 1.82) is 0 Å². The van der Waals surface area contributed by atoms with E-state index in [1.807, 2.05) is 0 Å². The van der Waals surface area contributed by atoms with Crippen molar-refractivity contribution in [2.75, 3.05) is 19.6 Å². The number of likely N-dealkylation sites (N-methyl/N-ethyl adjacent to an activating group) is 1. The first-order valence-corrected chi connectivity index (χ1v) is 8.30.